The summed E-state index contributed by atoms with van der Waals surface area (Å²) in [4.78, 5) is 12.0. The maximum absolute atomic E-state index is 12.0. The highest BCUT2D eigenvalue weighted by molar-refractivity contribution is 6.17. The minimum atomic E-state index is -0.148. The largest absolute Gasteiger partial charge is 0.378 e. The van der Waals surface area contributed by atoms with E-state index in [1.807, 2.05) is 0 Å². The van der Waals surface area contributed by atoms with Gasteiger partial charge in [0.05, 0.1) is 13.2 Å². The molecule has 0 aromatic rings. The topological polar surface area (TPSA) is 38.3 Å². The van der Waals surface area contributed by atoms with Gasteiger partial charge in [0.25, 0.3) is 0 Å². The van der Waals surface area contributed by atoms with Crippen molar-refractivity contribution in [2.45, 2.75) is 39.0 Å². The van der Waals surface area contributed by atoms with E-state index in [9.17, 15) is 4.79 Å². The summed E-state index contributed by atoms with van der Waals surface area (Å²) >= 11 is 5.47. The Morgan fingerprint density at radius 2 is 2.00 bits per heavy atom. The van der Waals surface area contributed by atoms with Gasteiger partial charge in [-0.05, 0) is 12.8 Å². The van der Waals surface area contributed by atoms with Crippen molar-refractivity contribution in [1.29, 1.82) is 0 Å². The molecule has 0 saturated heterocycles. The Labute approximate surface area is 103 Å². The van der Waals surface area contributed by atoms with Crippen LogP contribution in [0.2, 0.25) is 0 Å². The van der Waals surface area contributed by atoms with Crippen LogP contribution in [0.3, 0.4) is 0 Å². The van der Waals surface area contributed by atoms with E-state index < -0.39 is 0 Å². The van der Waals surface area contributed by atoms with Crippen LogP contribution >= 0.6 is 11.6 Å². The van der Waals surface area contributed by atoms with Gasteiger partial charge in [0, 0.05) is 17.8 Å². The molecule has 0 atom stereocenters. The molecular weight excluding hydrogens is 226 g/mol. The van der Waals surface area contributed by atoms with E-state index in [4.69, 9.17) is 16.3 Å². The van der Waals surface area contributed by atoms with Crippen molar-refractivity contribution in [3.05, 3.63) is 0 Å². The smallest absolute Gasteiger partial charge is 0.226 e. The molecule has 16 heavy (non-hydrogen) atoms. The van der Waals surface area contributed by atoms with Crippen molar-refractivity contribution in [2.75, 3.05) is 25.6 Å². The van der Waals surface area contributed by atoms with Gasteiger partial charge in [0.1, 0.15) is 0 Å². The number of rotatable bonds is 6. The molecule has 1 fully saturated rings. The van der Waals surface area contributed by atoms with Gasteiger partial charge in [-0.15, -0.1) is 11.6 Å². The molecule has 1 aliphatic rings. The average molecular weight is 248 g/mol. The third-order valence-corrected chi connectivity index (χ3v) is 3.41. The average Bonchev–Trinajstić information content (AvgIpc) is 2.29. The van der Waals surface area contributed by atoms with E-state index in [2.05, 4.69) is 12.2 Å². The first-order valence-electron chi connectivity index (χ1n) is 6.11. The molecule has 1 amide bonds. The van der Waals surface area contributed by atoms with Gasteiger partial charge < -0.3 is 10.1 Å². The minimum Gasteiger partial charge on any atom is -0.378 e. The van der Waals surface area contributed by atoms with E-state index in [0.717, 1.165) is 12.8 Å². The van der Waals surface area contributed by atoms with Crippen LogP contribution in [-0.2, 0) is 9.53 Å². The second kappa shape index (κ2) is 7.13. The van der Waals surface area contributed by atoms with Crippen LogP contribution in [-0.4, -0.2) is 31.5 Å². The first kappa shape index (κ1) is 13.8. The Hall–Kier alpha value is -0.280. The fourth-order valence-corrected chi connectivity index (χ4v) is 2.28. The lowest BCUT2D eigenvalue weighted by atomic mass is 9.75. The molecule has 1 N–H and O–H groups in total. The standard InChI is InChI=1S/C12H22ClNO2/c1-12(5-3-2-4-6-12)11(15)14-8-10-16-9-7-13/h2-10H2,1H3,(H,14,15). The van der Waals surface area contributed by atoms with Crippen LogP contribution < -0.4 is 5.32 Å². The van der Waals surface area contributed by atoms with Crippen molar-refractivity contribution in [2.24, 2.45) is 5.41 Å². The molecule has 1 saturated carbocycles. The molecule has 4 heteroatoms. The predicted molar refractivity (Wildman–Crippen MR) is 65.7 cm³/mol. The molecule has 3 nitrogen and oxygen atoms in total. The molecule has 1 rings (SSSR count). The first-order chi connectivity index (χ1) is 7.69. The number of amides is 1. The quantitative estimate of drug-likeness (QED) is 0.578. The van der Waals surface area contributed by atoms with E-state index in [1.165, 1.54) is 19.3 Å². The summed E-state index contributed by atoms with van der Waals surface area (Å²) in [6.07, 6.45) is 5.64. The maximum Gasteiger partial charge on any atom is 0.226 e. The Morgan fingerprint density at radius 3 is 2.62 bits per heavy atom. The van der Waals surface area contributed by atoms with Gasteiger partial charge in [-0.1, -0.05) is 26.2 Å². The second-order valence-electron chi connectivity index (χ2n) is 4.68. The van der Waals surface area contributed by atoms with E-state index in [1.54, 1.807) is 0 Å². The molecule has 0 radical (unpaired) electrons. The van der Waals surface area contributed by atoms with Crippen LogP contribution in [0, 0.1) is 5.41 Å². The zero-order valence-electron chi connectivity index (χ0n) is 10.1. The van der Waals surface area contributed by atoms with Crippen molar-refractivity contribution in [3.8, 4) is 0 Å². The van der Waals surface area contributed by atoms with Gasteiger partial charge in [-0.3, -0.25) is 4.79 Å². The lowest BCUT2D eigenvalue weighted by Crippen LogP contribution is -2.41. The van der Waals surface area contributed by atoms with E-state index in [-0.39, 0.29) is 11.3 Å². The van der Waals surface area contributed by atoms with Gasteiger partial charge in [-0.2, -0.15) is 0 Å². The monoisotopic (exact) mass is 247 g/mol. The third kappa shape index (κ3) is 4.30. The van der Waals surface area contributed by atoms with Crippen molar-refractivity contribution in [1.82, 2.24) is 5.32 Å². The van der Waals surface area contributed by atoms with Crippen LogP contribution in [0.25, 0.3) is 0 Å². The summed E-state index contributed by atoms with van der Waals surface area (Å²) in [6, 6.07) is 0. The molecule has 0 aromatic carbocycles. The summed E-state index contributed by atoms with van der Waals surface area (Å²) in [7, 11) is 0. The van der Waals surface area contributed by atoms with Gasteiger partial charge in [-0.25, -0.2) is 0 Å². The fourth-order valence-electron chi connectivity index (χ4n) is 2.17. The highest BCUT2D eigenvalue weighted by Gasteiger charge is 2.33. The highest BCUT2D eigenvalue weighted by atomic mass is 35.5. The number of nitrogens with one attached hydrogen (secondary N) is 1. The van der Waals surface area contributed by atoms with Gasteiger partial charge >= 0.3 is 0 Å². The number of carbonyl (C=O) groups is 1. The lowest BCUT2D eigenvalue weighted by Gasteiger charge is -2.31. The molecule has 0 unspecified atom stereocenters. The summed E-state index contributed by atoms with van der Waals surface area (Å²) in [5.41, 5.74) is -0.148. The van der Waals surface area contributed by atoms with Crippen molar-refractivity contribution < 1.29 is 9.53 Å². The van der Waals surface area contributed by atoms with Gasteiger partial charge in [0.15, 0.2) is 0 Å². The van der Waals surface area contributed by atoms with Crippen molar-refractivity contribution >= 4 is 17.5 Å². The molecular formula is C12H22ClNO2. The molecule has 0 spiro atoms. The predicted octanol–water partition coefficient (Wildman–Crippen LogP) is 2.33. The number of halogens is 1. The van der Waals surface area contributed by atoms with Crippen LogP contribution in [0.15, 0.2) is 0 Å². The second-order valence-corrected chi connectivity index (χ2v) is 5.06. The number of hydrogen-bond acceptors (Lipinski definition) is 2. The third-order valence-electron chi connectivity index (χ3n) is 3.26. The molecule has 0 aromatic heterocycles. The van der Waals surface area contributed by atoms with Crippen LogP contribution in [0.1, 0.15) is 39.0 Å². The van der Waals surface area contributed by atoms with Crippen molar-refractivity contribution in [3.63, 3.8) is 0 Å². The maximum atomic E-state index is 12.0. The molecule has 0 aliphatic heterocycles. The van der Waals surface area contributed by atoms with E-state index >= 15 is 0 Å². The fraction of sp³-hybridized carbons (Fsp3) is 0.917. The molecule has 0 heterocycles. The zero-order chi connectivity index (χ0) is 11.9. The van der Waals surface area contributed by atoms with E-state index in [0.29, 0.717) is 25.6 Å². The SMILES string of the molecule is CC1(C(=O)NCCOCCCl)CCCCC1. The number of alkyl halides is 1. The summed E-state index contributed by atoms with van der Waals surface area (Å²) in [5.74, 6) is 0.688. The Bertz CT molecular complexity index is 215. The van der Waals surface area contributed by atoms with Crippen LogP contribution in [0.5, 0.6) is 0 Å². The van der Waals surface area contributed by atoms with Crippen LogP contribution in [0.4, 0.5) is 0 Å². The van der Waals surface area contributed by atoms with Gasteiger partial charge in [0.2, 0.25) is 5.91 Å². The normalized spacial score (nSPS) is 19.4. The molecule has 1 aliphatic carbocycles. The molecule has 0 bridgehead atoms. The highest BCUT2D eigenvalue weighted by Crippen LogP contribution is 2.35. The number of carbonyl (C=O) groups excluding carboxylic acids is 1. The Morgan fingerprint density at radius 1 is 1.31 bits per heavy atom. The Kier molecular flexibility index (Phi) is 6.14. The number of hydrogen-bond donors (Lipinski definition) is 1. The zero-order valence-corrected chi connectivity index (χ0v) is 10.8. The minimum absolute atomic E-state index is 0.148. The Balaban J connectivity index is 2.18. The number of ether oxygens (including phenoxy) is 1. The lowest BCUT2D eigenvalue weighted by molar-refractivity contribution is -0.132. The first-order valence-corrected chi connectivity index (χ1v) is 6.64. The summed E-state index contributed by atoms with van der Waals surface area (Å²) in [5, 5.41) is 2.94. The molecule has 94 valence electrons. The summed E-state index contributed by atoms with van der Waals surface area (Å²) < 4.78 is 5.21. The summed E-state index contributed by atoms with van der Waals surface area (Å²) in [6.45, 7) is 3.76.